The highest BCUT2D eigenvalue weighted by Gasteiger charge is 2.18. The predicted molar refractivity (Wildman–Crippen MR) is 82.8 cm³/mol. The van der Waals surface area contributed by atoms with Crippen molar-refractivity contribution in [2.45, 2.75) is 31.7 Å². The lowest BCUT2D eigenvalue weighted by atomic mass is 9.91. The van der Waals surface area contributed by atoms with E-state index in [1.54, 1.807) is 0 Å². The summed E-state index contributed by atoms with van der Waals surface area (Å²) in [5.74, 6) is 3.36. The van der Waals surface area contributed by atoms with Gasteiger partial charge in [-0.15, -0.1) is 0 Å². The molecule has 1 nitrogen and oxygen atoms in total. The second-order valence-electron chi connectivity index (χ2n) is 4.97. The molecule has 1 aliphatic heterocycles. The fourth-order valence-corrected chi connectivity index (χ4v) is 4.08. The van der Waals surface area contributed by atoms with Gasteiger partial charge < -0.3 is 5.73 Å². The van der Waals surface area contributed by atoms with Crippen LogP contribution in [0.1, 0.15) is 24.8 Å². The molecule has 1 aromatic rings. The Labute approximate surface area is 123 Å². The topological polar surface area (TPSA) is 26.0 Å². The minimum atomic E-state index is 0.189. The fraction of sp³-hybridized carbons (Fsp3) is 0.571. The van der Waals surface area contributed by atoms with E-state index in [0.29, 0.717) is 10.0 Å². The molecule has 1 heterocycles. The minimum absolute atomic E-state index is 0.189. The Morgan fingerprint density at radius 3 is 2.72 bits per heavy atom. The molecule has 0 aromatic heterocycles. The highest BCUT2D eigenvalue weighted by Crippen LogP contribution is 2.29. The molecule has 2 N–H and O–H groups in total. The maximum absolute atomic E-state index is 6.25. The fourth-order valence-electron chi connectivity index (χ4n) is 2.48. The normalized spacial score (nSPS) is 18.8. The highest BCUT2D eigenvalue weighted by molar-refractivity contribution is 7.99. The van der Waals surface area contributed by atoms with Crippen LogP contribution < -0.4 is 5.73 Å². The molecular formula is C14H19Cl2NS. The summed E-state index contributed by atoms with van der Waals surface area (Å²) >= 11 is 14.3. The Morgan fingerprint density at radius 1 is 1.28 bits per heavy atom. The predicted octanol–water partition coefficient (Wildman–Crippen LogP) is 4.40. The molecule has 0 amide bonds. The van der Waals surface area contributed by atoms with Gasteiger partial charge in [-0.2, -0.15) is 11.8 Å². The van der Waals surface area contributed by atoms with Crippen LogP contribution in [0.5, 0.6) is 0 Å². The average Bonchev–Trinajstić information content (AvgIpc) is 2.36. The van der Waals surface area contributed by atoms with Crippen molar-refractivity contribution in [3.05, 3.63) is 33.8 Å². The first-order chi connectivity index (χ1) is 8.66. The summed E-state index contributed by atoms with van der Waals surface area (Å²) in [4.78, 5) is 0. The van der Waals surface area contributed by atoms with Gasteiger partial charge in [0.15, 0.2) is 0 Å². The van der Waals surface area contributed by atoms with Crippen molar-refractivity contribution in [3.8, 4) is 0 Å². The van der Waals surface area contributed by atoms with Crippen LogP contribution in [-0.4, -0.2) is 17.5 Å². The Hall–Kier alpha value is 0.110. The third kappa shape index (κ3) is 4.06. The molecule has 18 heavy (non-hydrogen) atoms. The van der Waals surface area contributed by atoms with E-state index in [4.69, 9.17) is 28.9 Å². The molecule has 4 heteroatoms. The molecular weight excluding hydrogens is 285 g/mol. The van der Waals surface area contributed by atoms with Gasteiger partial charge in [-0.1, -0.05) is 35.3 Å². The van der Waals surface area contributed by atoms with E-state index >= 15 is 0 Å². The lowest BCUT2D eigenvalue weighted by Gasteiger charge is -2.24. The van der Waals surface area contributed by atoms with Crippen molar-refractivity contribution in [1.29, 1.82) is 0 Å². The van der Waals surface area contributed by atoms with Crippen LogP contribution in [0, 0.1) is 5.92 Å². The zero-order valence-corrected chi connectivity index (χ0v) is 12.7. The van der Waals surface area contributed by atoms with Crippen molar-refractivity contribution in [2.75, 3.05) is 11.5 Å². The molecule has 0 aliphatic carbocycles. The minimum Gasteiger partial charge on any atom is -0.327 e. The van der Waals surface area contributed by atoms with E-state index < -0.39 is 0 Å². The van der Waals surface area contributed by atoms with Crippen molar-refractivity contribution >= 4 is 35.0 Å². The van der Waals surface area contributed by atoms with Gasteiger partial charge in [0.05, 0.1) is 10.0 Å². The van der Waals surface area contributed by atoms with E-state index in [-0.39, 0.29) is 6.04 Å². The molecule has 1 fully saturated rings. The van der Waals surface area contributed by atoms with Gasteiger partial charge in [0.2, 0.25) is 0 Å². The summed E-state index contributed by atoms with van der Waals surface area (Å²) < 4.78 is 0. The van der Waals surface area contributed by atoms with Crippen molar-refractivity contribution in [3.63, 3.8) is 0 Å². The summed E-state index contributed by atoms with van der Waals surface area (Å²) in [6, 6.07) is 5.96. The Kier molecular flexibility index (Phi) is 5.68. The number of hydrogen-bond donors (Lipinski definition) is 1. The highest BCUT2D eigenvalue weighted by atomic mass is 35.5. The van der Waals surface area contributed by atoms with Crippen LogP contribution in [0.4, 0.5) is 0 Å². The van der Waals surface area contributed by atoms with Crippen LogP contribution in [0.2, 0.25) is 10.0 Å². The van der Waals surface area contributed by atoms with Crippen LogP contribution in [0.25, 0.3) is 0 Å². The first-order valence-corrected chi connectivity index (χ1v) is 8.34. The summed E-state index contributed by atoms with van der Waals surface area (Å²) in [6.07, 6.45) is 4.54. The lowest BCUT2D eigenvalue weighted by Crippen LogP contribution is -2.27. The summed E-state index contributed by atoms with van der Waals surface area (Å²) in [5.41, 5.74) is 7.32. The maximum atomic E-state index is 6.25. The second-order valence-corrected chi connectivity index (χ2v) is 6.98. The van der Waals surface area contributed by atoms with Crippen LogP contribution in [-0.2, 0) is 6.42 Å². The molecule has 1 atom stereocenters. The van der Waals surface area contributed by atoms with Crippen LogP contribution >= 0.6 is 35.0 Å². The lowest BCUT2D eigenvalue weighted by molar-refractivity contribution is 0.406. The zero-order chi connectivity index (χ0) is 13.0. The van der Waals surface area contributed by atoms with E-state index in [2.05, 4.69) is 11.8 Å². The van der Waals surface area contributed by atoms with Gasteiger partial charge in [-0.05, 0) is 54.7 Å². The second kappa shape index (κ2) is 7.04. The van der Waals surface area contributed by atoms with Gasteiger partial charge in [-0.3, -0.25) is 0 Å². The number of halogens is 2. The molecule has 1 saturated heterocycles. The standard InChI is InChI=1S/C14H19Cl2NS/c15-13-3-1-2-11(14(13)16)9-12(17)8-10-4-6-18-7-5-10/h1-3,10,12H,4-9,17H2. The number of rotatable bonds is 4. The average molecular weight is 304 g/mol. The molecule has 100 valence electrons. The van der Waals surface area contributed by atoms with Gasteiger partial charge in [-0.25, -0.2) is 0 Å². The first-order valence-electron chi connectivity index (χ1n) is 6.43. The molecule has 1 aliphatic rings. The van der Waals surface area contributed by atoms with Crippen molar-refractivity contribution in [2.24, 2.45) is 11.7 Å². The molecule has 1 aromatic carbocycles. The van der Waals surface area contributed by atoms with E-state index in [1.165, 1.54) is 24.3 Å². The van der Waals surface area contributed by atoms with E-state index in [0.717, 1.165) is 24.3 Å². The third-order valence-electron chi connectivity index (χ3n) is 3.49. The molecule has 1 unspecified atom stereocenters. The molecule has 0 spiro atoms. The SMILES string of the molecule is NC(Cc1cccc(Cl)c1Cl)CC1CCSCC1. The number of thioether (sulfide) groups is 1. The number of benzene rings is 1. The van der Waals surface area contributed by atoms with Crippen molar-refractivity contribution in [1.82, 2.24) is 0 Å². The Morgan fingerprint density at radius 2 is 2.00 bits per heavy atom. The number of hydrogen-bond acceptors (Lipinski definition) is 2. The first kappa shape index (κ1) is 14.5. The molecule has 2 rings (SSSR count). The van der Waals surface area contributed by atoms with Gasteiger partial charge in [0.25, 0.3) is 0 Å². The zero-order valence-electron chi connectivity index (χ0n) is 10.4. The van der Waals surface area contributed by atoms with Gasteiger partial charge in [0.1, 0.15) is 0 Å². The summed E-state index contributed by atoms with van der Waals surface area (Å²) in [6.45, 7) is 0. The maximum Gasteiger partial charge on any atom is 0.0624 e. The smallest absolute Gasteiger partial charge is 0.0624 e. The van der Waals surface area contributed by atoms with Gasteiger partial charge in [0, 0.05) is 6.04 Å². The monoisotopic (exact) mass is 303 g/mol. The number of nitrogens with two attached hydrogens (primary N) is 1. The van der Waals surface area contributed by atoms with Crippen LogP contribution in [0.15, 0.2) is 18.2 Å². The largest absolute Gasteiger partial charge is 0.327 e. The summed E-state index contributed by atoms with van der Waals surface area (Å²) in [5, 5.41) is 1.28. The quantitative estimate of drug-likeness (QED) is 0.892. The van der Waals surface area contributed by atoms with Gasteiger partial charge >= 0.3 is 0 Å². The molecule has 0 radical (unpaired) electrons. The Bertz CT molecular complexity index is 391. The third-order valence-corrected chi connectivity index (χ3v) is 5.40. The summed E-state index contributed by atoms with van der Waals surface area (Å²) in [7, 11) is 0. The Balaban J connectivity index is 1.90. The van der Waals surface area contributed by atoms with E-state index in [9.17, 15) is 0 Å². The molecule has 0 bridgehead atoms. The van der Waals surface area contributed by atoms with Crippen LogP contribution in [0.3, 0.4) is 0 Å². The van der Waals surface area contributed by atoms with Crippen molar-refractivity contribution < 1.29 is 0 Å². The molecule has 0 saturated carbocycles. The van der Waals surface area contributed by atoms with E-state index in [1.807, 2.05) is 18.2 Å².